The van der Waals surface area contributed by atoms with Crippen LogP contribution in [0.3, 0.4) is 0 Å². The topological polar surface area (TPSA) is 42.0 Å². The van der Waals surface area contributed by atoms with E-state index in [4.69, 9.17) is 9.47 Å². The van der Waals surface area contributed by atoms with Gasteiger partial charge in [0.25, 0.3) is 5.91 Å². The van der Waals surface area contributed by atoms with Crippen LogP contribution >= 0.6 is 0 Å². The van der Waals surface area contributed by atoms with E-state index in [1.165, 1.54) is 6.42 Å². The molecule has 2 saturated heterocycles. The van der Waals surface area contributed by atoms with Gasteiger partial charge in [-0.25, -0.2) is 0 Å². The molecule has 0 bridgehead atoms. The Morgan fingerprint density at radius 1 is 1.15 bits per heavy atom. The summed E-state index contributed by atoms with van der Waals surface area (Å²) < 4.78 is 11.1. The first-order chi connectivity index (χ1) is 12.6. The number of piperidine rings is 1. The first kappa shape index (κ1) is 19.2. The largest absolute Gasteiger partial charge is 0.491 e. The zero-order valence-corrected chi connectivity index (χ0v) is 16.2. The fraction of sp³-hybridized carbons (Fsp3) is 0.667. The summed E-state index contributed by atoms with van der Waals surface area (Å²) in [5.74, 6) is 0.979. The fourth-order valence-corrected chi connectivity index (χ4v) is 3.84. The van der Waals surface area contributed by atoms with Gasteiger partial charge >= 0.3 is 0 Å². The molecule has 1 unspecified atom stereocenters. The highest BCUT2D eigenvalue weighted by Crippen LogP contribution is 2.23. The summed E-state index contributed by atoms with van der Waals surface area (Å²) >= 11 is 0. The van der Waals surface area contributed by atoms with Gasteiger partial charge < -0.3 is 14.4 Å². The Kier molecular flexibility index (Phi) is 6.92. The number of likely N-dealkylation sites (tertiary alicyclic amines) is 1. The van der Waals surface area contributed by atoms with Gasteiger partial charge in [-0.2, -0.15) is 0 Å². The van der Waals surface area contributed by atoms with E-state index in [2.05, 4.69) is 9.80 Å². The van der Waals surface area contributed by atoms with Gasteiger partial charge in [0, 0.05) is 37.8 Å². The molecule has 3 rings (SSSR count). The minimum atomic E-state index is 0.142. The van der Waals surface area contributed by atoms with Gasteiger partial charge in [-0.15, -0.1) is 0 Å². The number of hydrogen-bond donors (Lipinski definition) is 0. The van der Waals surface area contributed by atoms with Crippen LogP contribution in [0.5, 0.6) is 5.75 Å². The molecule has 144 valence electrons. The summed E-state index contributed by atoms with van der Waals surface area (Å²) in [7, 11) is 0. The third kappa shape index (κ3) is 5.21. The van der Waals surface area contributed by atoms with E-state index >= 15 is 0 Å². The Bertz CT molecular complexity index is 567. The average molecular weight is 360 g/mol. The predicted molar refractivity (Wildman–Crippen MR) is 103 cm³/mol. The highest BCUT2D eigenvalue weighted by Gasteiger charge is 2.28. The van der Waals surface area contributed by atoms with Crippen LogP contribution in [0.15, 0.2) is 24.3 Å². The molecule has 2 aliphatic heterocycles. The van der Waals surface area contributed by atoms with E-state index in [1.807, 2.05) is 38.1 Å². The average Bonchev–Trinajstić information content (AvgIpc) is 2.67. The quantitative estimate of drug-likeness (QED) is 0.781. The van der Waals surface area contributed by atoms with Crippen molar-refractivity contribution in [1.29, 1.82) is 0 Å². The molecule has 26 heavy (non-hydrogen) atoms. The maximum atomic E-state index is 13.0. The third-order valence-electron chi connectivity index (χ3n) is 5.24. The lowest BCUT2D eigenvalue weighted by Crippen LogP contribution is -2.46. The Balaban J connectivity index is 1.59. The number of rotatable bonds is 6. The van der Waals surface area contributed by atoms with E-state index < -0.39 is 0 Å². The minimum absolute atomic E-state index is 0.142. The number of morpholine rings is 1. The standard InChI is InChI=1S/C21H32N2O3/c1-17(2)26-20-8-6-18(7-9-20)21(24)23-11-4-3-5-19(23)10-12-22-13-15-25-16-14-22/h6-9,17,19H,3-5,10-16H2,1-2H3. The summed E-state index contributed by atoms with van der Waals surface area (Å²) in [5.41, 5.74) is 0.763. The number of ether oxygens (including phenoxy) is 2. The maximum Gasteiger partial charge on any atom is 0.254 e. The molecule has 1 aromatic rings. The van der Waals surface area contributed by atoms with Gasteiger partial charge in [0.1, 0.15) is 5.75 Å². The lowest BCUT2D eigenvalue weighted by Gasteiger charge is -2.37. The highest BCUT2D eigenvalue weighted by atomic mass is 16.5. The van der Waals surface area contributed by atoms with Crippen molar-refractivity contribution in [2.45, 2.75) is 51.7 Å². The molecule has 5 heteroatoms. The molecule has 5 nitrogen and oxygen atoms in total. The van der Waals surface area contributed by atoms with E-state index in [1.54, 1.807) is 0 Å². The zero-order chi connectivity index (χ0) is 18.4. The molecular weight excluding hydrogens is 328 g/mol. The summed E-state index contributed by atoms with van der Waals surface area (Å²) in [6, 6.07) is 7.95. The summed E-state index contributed by atoms with van der Waals surface area (Å²) in [6.07, 6.45) is 4.64. The molecule has 0 spiro atoms. The molecule has 0 aromatic heterocycles. The van der Waals surface area contributed by atoms with Crippen molar-refractivity contribution >= 4 is 5.91 Å². The van der Waals surface area contributed by atoms with Crippen molar-refractivity contribution in [2.75, 3.05) is 39.4 Å². The summed E-state index contributed by atoms with van der Waals surface area (Å²) in [5, 5.41) is 0. The minimum Gasteiger partial charge on any atom is -0.491 e. The Morgan fingerprint density at radius 3 is 2.58 bits per heavy atom. The van der Waals surface area contributed by atoms with Crippen LogP contribution < -0.4 is 4.74 Å². The van der Waals surface area contributed by atoms with Crippen LogP contribution in [0.4, 0.5) is 0 Å². The molecule has 0 radical (unpaired) electrons. The van der Waals surface area contributed by atoms with Gasteiger partial charge in [0.05, 0.1) is 19.3 Å². The van der Waals surface area contributed by atoms with Crippen LogP contribution in [-0.2, 0) is 4.74 Å². The monoisotopic (exact) mass is 360 g/mol. The fourth-order valence-electron chi connectivity index (χ4n) is 3.84. The van der Waals surface area contributed by atoms with Crippen molar-refractivity contribution in [2.24, 2.45) is 0 Å². The van der Waals surface area contributed by atoms with E-state index in [9.17, 15) is 4.79 Å². The molecule has 0 N–H and O–H groups in total. The Hall–Kier alpha value is -1.59. The first-order valence-electron chi connectivity index (χ1n) is 10.0. The van der Waals surface area contributed by atoms with Gasteiger partial charge in [-0.05, 0) is 63.8 Å². The van der Waals surface area contributed by atoms with Crippen molar-refractivity contribution in [1.82, 2.24) is 9.80 Å². The Morgan fingerprint density at radius 2 is 1.88 bits per heavy atom. The van der Waals surface area contributed by atoms with Crippen molar-refractivity contribution in [3.05, 3.63) is 29.8 Å². The second-order valence-electron chi connectivity index (χ2n) is 7.58. The van der Waals surface area contributed by atoms with Crippen LogP contribution in [0.1, 0.15) is 49.9 Å². The molecule has 2 fully saturated rings. The molecule has 1 atom stereocenters. The number of amides is 1. The van der Waals surface area contributed by atoms with Crippen LogP contribution in [-0.4, -0.2) is 67.2 Å². The molecule has 0 aliphatic carbocycles. The maximum absolute atomic E-state index is 13.0. The van der Waals surface area contributed by atoms with Crippen molar-refractivity contribution in [3.63, 3.8) is 0 Å². The van der Waals surface area contributed by atoms with Gasteiger partial charge in [-0.3, -0.25) is 9.69 Å². The number of carbonyl (C=O) groups excluding carboxylic acids is 1. The predicted octanol–water partition coefficient (Wildman–Crippen LogP) is 3.19. The normalized spacial score (nSPS) is 21.8. The molecule has 1 amide bonds. The van der Waals surface area contributed by atoms with Crippen molar-refractivity contribution < 1.29 is 14.3 Å². The molecule has 1 aromatic carbocycles. The van der Waals surface area contributed by atoms with Gasteiger partial charge in [-0.1, -0.05) is 0 Å². The zero-order valence-electron chi connectivity index (χ0n) is 16.2. The van der Waals surface area contributed by atoms with Crippen LogP contribution in [0.25, 0.3) is 0 Å². The molecule has 2 aliphatic rings. The summed E-state index contributed by atoms with van der Waals surface area (Å²) in [4.78, 5) is 17.6. The van der Waals surface area contributed by atoms with Gasteiger partial charge in [0.15, 0.2) is 0 Å². The van der Waals surface area contributed by atoms with E-state index in [-0.39, 0.29) is 12.0 Å². The highest BCUT2D eigenvalue weighted by molar-refractivity contribution is 5.94. The molecule has 2 heterocycles. The lowest BCUT2D eigenvalue weighted by atomic mass is 9.97. The number of benzene rings is 1. The smallest absolute Gasteiger partial charge is 0.254 e. The first-order valence-corrected chi connectivity index (χ1v) is 10.0. The SMILES string of the molecule is CC(C)Oc1ccc(C(=O)N2CCCCC2CCN2CCOCC2)cc1. The number of hydrogen-bond acceptors (Lipinski definition) is 4. The molecule has 0 saturated carbocycles. The number of carbonyl (C=O) groups is 1. The molecular formula is C21H32N2O3. The third-order valence-corrected chi connectivity index (χ3v) is 5.24. The lowest BCUT2D eigenvalue weighted by molar-refractivity contribution is 0.0295. The number of nitrogens with zero attached hydrogens (tertiary/aromatic N) is 2. The summed E-state index contributed by atoms with van der Waals surface area (Å²) in [6.45, 7) is 9.62. The second-order valence-corrected chi connectivity index (χ2v) is 7.58. The van der Waals surface area contributed by atoms with E-state index in [0.29, 0.717) is 6.04 Å². The van der Waals surface area contributed by atoms with Crippen LogP contribution in [0, 0.1) is 0 Å². The van der Waals surface area contributed by atoms with Gasteiger partial charge in [0.2, 0.25) is 0 Å². The van der Waals surface area contributed by atoms with Crippen LogP contribution in [0.2, 0.25) is 0 Å². The second kappa shape index (κ2) is 9.38. The van der Waals surface area contributed by atoms with E-state index in [0.717, 1.165) is 70.0 Å². The Labute approximate surface area is 157 Å². The van der Waals surface area contributed by atoms with Crippen molar-refractivity contribution in [3.8, 4) is 5.75 Å².